The van der Waals surface area contributed by atoms with Crippen molar-refractivity contribution in [3.05, 3.63) is 153 Å². The Kier molecular flexibility index (Phi) is 7.32. The van der Waals surface area contributed by atoms with Gasteiger partial charge in [-0.3, -0.25) is 4.79 Å². The Labute approximate surface area is 219 Å². The Balaban J connectivity index is 0.000000179. The van der Waals surface area contributed by atoms with Gasteiger partial charge in [-0.25, -0.2) is 4.79 Å². The molecule has 0 atom stereocenters. The first kappa shape index (κ1) is 24.6. The lowest BCUT2D eigenvalue weighted by Crippen LogP contribution is -2.22. The molecule has 0 aliphatic rings. The van der Waals surface area contributed by atoms with E-state index >= 15 is 0 Å². The molecule has 0 aliphatic carbocycles. The van der Waals surface area contributed by atoms with Gasteiger partial charge >= 0.3 is 5.63 Å². The fourth-order valence-electron chi connectivity index (χ4n) is 4.30. The van der Waals surface area contributed by atoms with Crippen molar-refractivity contribution in [1.29, 1.82) is 0 Å². The summed E-state index contributed by atoms with van der Waals surface area (Å²) in [6.07, 6.45) is 0. The van der Waals surface area contributed by atoms with Crippen molar-refractivity contribution < 1.29 is 9.52 Å². The Hall–Kier alpha value is -5.10. The van der Waals surface area contributed by atoms with Crippen LogP contribution in [0, 0.1) is 0 Å². The number of hydrogen-bond donors (Lipinski definition) is 2. The minimum absolute atomic E-state index is 0.0178. The van der Waals surface area contributed by atoms with Gasteiger partial charge < -0.3 is 19.4 Å². The maximum atomic E-state index is 12.9. The number of fused-ring (bicyclic) bond motifs is 3. The average molecular weight is 503 g/mol. The molecule has 6 nitrogen and oxygen atoms in total. The summed E-state index contributed by atoms with van der Waals surface area (Å²) in [7, 11) is 0. The van der Waals surface area contributed by atoms with Crippen molar-refractivity contribution in [2.24, 2.45) is 0 Å². The SMILES string of the molecule is O=c1cc(O)c2c(=O)n(Cc3ccccc3)c3ccccc3c2o1.c1ccc(CNc2ccccc2)cc1. The number of nitrogens with one attached hydrogen (secondary N) is 1. The number of aromatic hydroxyl groups is 1. The Morgan fingerprint density at radius 1 is 0.711 bits per heavy atom. The van der Waals surface area contributed by atoms with Gasteiger partial charge in [0.05, 0.1) is 18.1 Å². The fourth-order valence-corrected chi connectivity index (χ4v) is 4.30. The van der Waals surface area contributed by atoms with Gasteiger partial charge in [0, 0.05) is 17.6 Å². The summed E-state index contributed by atoms with van der Waals surface area (Å²) in [5.74, 6) is -0.362. The number of hydrogen-bond acceptors (Lipinski definition) is 5. The topological polar surface area (TPSA) is 84.5 Å². The van der Waals surface area contributed by atoms with Gasteiger partial charge in [-0.2, -0.15) is 0 Å². The largest absolute Gasteiger partial charge is 0.507 e. The highest BCUT2D eigenvalue weighted by atomic mass is 16.4. The molecule has 0 fully saturated rings. The average Bonchev–Trinajstić information content (AvgIpc) is 2.96. The maximum absolute atomic E-state index is 12.9. The number of pyridine rings is 1. The molecule has 0 spiro atoms. The molecule has 0 bridgehead atoms. The minimum atomic E-state index is -0.689. The summed E-state index contributed by atoms with van der Waals surface area (Å²) in [4.78, 5) is 24.5. The first-order chi connectivity index (χ1) is 18.6. The van der Waals surface area contributed by atoms with Crippen LogP contribution in [0.25, 0.3) is 21.9 Å². The quantitative estimate of drug-likeness (QED) is 0.276. The van der Waals surface area contributed by atoms with E-state index in [1.54, 1.807) is 22.8 Å². The Morgan fingerprint density at radius 3 is 1.97 bits per heavy atom. The Bertz CT molecular complexity index is 1740. The van der Waals surface area contributed by atoms with Gasteiger partial charge in [-0.1, -0.05) is 91.0 Å². The van der Waals surface area contributed by atoms with Crippen molar-refractivity contribution in [2.45, 2.75) is 13.1 Å². The molecule has 2 N–H and O–H groups in total. The molecule has 0 unspecified atom stereocenters. The van der Waals surface area contributed by atoms with E-state index < -0.39 is 11.2 Å². The Morgan fingerprint density at radius 2 is 1.29 bits per heavy atom. The molecule has 0 saturated heterocycles. The molecule has 0 amide bonds. The minimum Gasteiger partial charge on any atom is -0.507 e. The molecule has 6 heteroatoms. The third-order valence-corrected chi connectivity index (χ3v) is 6.14. The molecule has 0 aliphatic heterocycles. The molecular formula is C32H26N2O4. The predicted molar refractivity (Wildman–Crippen MR) is 152 cm³/mol. The molecule has 6 aromatic rings. The van der Waals surface area contributed by atoms with Gasteiger partial charge in [0.15, 0.2) is 5.58 Å². The van der Waals surface area contributed by atoms with Crippen LogP contribution in [0.4, 0.5) is 5.69 Å². The van der Waals surface area contributed by atoms with Gasteiger partial charge in [-0.15, -0.1) is 0 Å². The van der Waals surface area contributed by atoms with Crippen LogP contribution in [-0.4, -0.2) is 9.67 Å². The molecule has 0 saturated carbocycles. The number of anilines is 1. The summed E-state index contributed by atoms with van der Waals surface area (Å²) < 4.78 is 6.79. The van der Waals surface area contributed by atoms with Crippen molar-refractivity contribution in [2.75, 3.05) is 5.32 Å². The number of rotatable bonds is 5. The van der Waals surface area contributed by atoms with Gasteiger partial charge in [-0.05, 0) is 35.4 Å². The molecular weight excluding hydrogens is 476 g/mol. The molecule has 2 heterocycles. The van der Waals surface area contributed by atoms with Crippen LogP contribution in [0.15, 0.2) is 135 Å². The smallest absolute Gasteiger partial charge is 0.339 e. The standard InChI is InChI=1S/C19H13NO4.C13H13N/c21-15-10-16(22)24-18-13-8-4-5-9-14(13)20(19(23)17(15)18)11-12-6-2-1-3-7-12;1-3-7-12(8-4-1)11-14-13-9-5-2-6-10-13/h1-10,21H,11H2;1-10,14H,11H2. The summed E-state index contributed by atoms with van der Waals surface area (Å²) in [5, 5.41) is 14.1. The second kappa shape index (κ2) is 11.3. The zero-order chi connectivity index (χ0) is 26.3. The van der Waals surface area contributed by atoms with E-state index in [1.165, 1.54) is 5.56 Å². The van der Waals surface area contributed by atoms with Crippen LogP contribution in [0.5, 0.6) is 5.75 Å². The zero-order valence-electron chi connectivity index (χ0n) is 20.6. The molecule has 4 aromatic carbocycles. The summed E-state index contributed by atoms with van der Waals surface area (Å²) in [6.45, 7) is 1.24. The molecule has 38 heavy (non-hydrogen) atoms. The van der Waals surface area contributed by atoms with Crippen molar-refractivity contribution in [3.8, 4) is 5.75 Å². The number of para-hydroxylation sites is 2. The molecule has 6 rings (SSSR count). The molecule has 2 aromatic heterocycles. The lowest BCUT2D eigenvalue weighted by Gasteiger charge is -2.12. The van der Waals surface area contributed by atoms with Crippen LogP contribution in [0.2, 0.25) is 0 Å². The van der Waals surface area contributed by atoms with E-state index in [0.29, 0.717) is 17.4 Å². The van der Waals surface area contributed by atoms with Gasteiger partial charge in [0.2, 0.25) is 0 Å². The first-order valence-corrected chi connectivity index (χ1v) is 12.3. The normalized spacial score (nSPS) is 10.6. The number of aromatic nitrogens is 1. The summed E-state index contributed by atoms with van der Waals surface area (Å²) >= 11 is 0. The van der Waals surface area contributed by atoms with E-state index in [-0.39, 0.29) is 16.7 Å². The zero-order valence-corrected chi connectivity index (χ0v) is 20.6. The second-order valence-electron chi connectivity index (χ2n) is 8.75. The maximum Gasteiger partial charge on any atom is 0.339 e. The van der Waals surface area contributed by atoms with Gasteiger partial charge in [0.25, 0.3) is 5.56 Å². The lowest BCUT2D eigenvalue weighted by atomic mass is 10.1. The van der Waals surface area contributed by atoms with Crippen LogP contribution < -0.4 is 16.5 Å². The third kappa shape index (κ3) is 5.50. The number of benzene rings is 4. The second-order valence-corrected chi connectivity index (χ2v) is 8.75. The monoisotopic (exact) mass is 502 g/mol. The van der Waals surface area contributed by atoms with Crippen molar-refractivity contribution in [3.63, 3.8) is 0 Å². The van der Waals surface area contributed by atoms with E-state index in [0.717, 1.165) is 23.9 Å². The van der Waals surface area contributed by atoms with E-state index in [2.05, 4.69) is 41.7 Å². The highest BCUT2D eigenvalue weighted by Crippen LogP contribution is 2.27. The molecule has 188 valence electrons. The van der Waals surface area contributed by atoms with E-state index in [1.807, 2.05) is 60.7 Å². The lowest BCUT2D eigenvalue weighted by molar-refractivity contribution is 0.467. The van der Waals surface area contributed by atoms with Crippen LogP contribution in [0.1, 0.15) is 11.1 Å². The van der Waals surface area contributed by atoms with Crippen molar-refractivity contribution in [1.82, 2.24) is 4.57 Å². The third-order valence-electron chi connectivity index (χ3n) is 6.14. The summed E-state index contributed by atoms with van der Waals surface area (Å²) in [6, 6.07) is 38.3. The van der Waals surface area contributed by atoms with E-state index in [4.69, 9.17) is 4.42 Å². The summed E-state index contributed by atoms with van der Waals surface area (Å²) in [5.41, 5.74) is 3.10. The predicted octanol–water partition coefficient (Wildman–Crippen LogP) is 6.16. The first-order valence-electron chi connectivity index (χ1n) is 12.3. The highest BCUT2D eigenvalue weighted by Gasteiger charge is 2.16. The van der Waals surface area contributed by atoms with Crippen LogP contribution >= 0.6 is 0 Å². The van der Waals surface area contributed by atoms with Gasteiger partial charge in [0.1, 0.15) is 11.1 Å². The van der Waals surface area contributed by atoms with Crippen molar-refractivity contribution >= 4 is 27.6 Å². The molecule has 0 radical (unpaired) electrons. The number of nitrogens with zero attached hydrogens (tertiary/aromatic N) is 1. The fraction of sp³-hybridized carbons (Fsp3) is 0.0625. The van der Waals surface area contributed by atoms with Crippen LogP contribution in [0.3, 0.4) is 0 Å². The van der Waals surface area contributed by atoms with E-state index in [9.17, 15) is 14.7 Å². The highest BCUT2D eigenvalue weighted by molar-refractivity contribution is 6.03. The van der Waals surface area contributed by atoms with Crippen LogP contribution in [-0.2, 0) is 13.1 Å².